The van der Waals surface area contributed by atoms with Gasteiger partial charge in [-0.15, -0.1) is 0 Å². The number of hydrogen-bond donors (Lipinski definition) is 1. The van der Waals surface area contributed by atoms with Crippen molar-refractivity contribution in [2.24, 2.45) is 7.05 Å². The van der Waals surface area contributed by atoms with E-state index in [4.69, 9.17) is 0 Å². The van der Waals surface area contributed by atoms with Gasteiger partial charge in [-0.2, -0.15) is 5.10 Å². The number of alkyl halides is 1. The van der Waals surface area contributed by atoms with E-state index in [1.807, 2.05) is 11.9 Å². The maximum absolute atomic E-state index is 13.6. The number of nitrogens with zero attached hydrogens (tertiary/aromatic N) is 5. The van der Waals surface area contributed by atoms with Gasteiger partial charge in [-0.1, -0.05) is 0 Å². The first-order chi connectivity index (χ1) is 9.10. The lowest BCUT2D eigenvalue weighted by Gasteiger charge is -2.24. The fourth-order valence-corrected chi connectivity index (χ4v) is 2.62. The molecule has 6 nitrogen and oxygen atoms in total. The molecule has 1 aliphatic heterocycles. The highest BCUT2D eigenvalue weighted by atomic mass is 19.1. The Morgan fingerprint density at radius 2 is 2.26 bits per heavy atom. The molecule has 0 unspecified atom stereocenters. The van der Waals surface area contributed by atoms with Crippen LogP contribution in [0.3, 0.4) is 0 Å². The van der Waals surface area contributed by atoms with Crippen molar-refractivity contribution in [3.8, 4) is 0 Å². The van der Waals surface area contributed by atoms with Gasteiger partial charge >= 0.3 is 0 Å². The first kappa shape index (κ1) is 12.3. The highest BCUT2D eigenvalue weighted by Gasteiger charge is 2.34. The molecule has 1 aliphatic rings. The monoisotopic (exact) mass is 265 g/mol. The third-order valence-electron chi connectivity index (χ3n) is 3.53. The van der Waals surface area contributed by atoms with E-state index >= 15 is 0 Å². The Morgan fingerprint density at radius 3 is 3.00 bits per heavy atom. The molecule has 2 atom stereocenters. The van der Waals surface area contributed by atoms with Crippen LogP contribution >= 0.6 is 0 Å². The summed E-state index contributed by atoms with van der Waals surface area (Å²) in [6, 6.07) is -0.229. The van der Waals surface area contributed by atoms with Crippen LogP contribution < -0.4 is 4.90 Å². The standard InChI is InChI=1S/C12H16FN5O/c1-7-15-11-10(4-14-17(11)2)12(16-7)18-5-8(13)3-9(18)6-19/h4,8-9,19H,3,5-6H2,1-2H3/t8-,9-/m0/s1. The van der Waals surface area contributed by atoms with Crippen molar-refractivity contribution in [1.82, 2.24) is 19.7 Å². The summed E-state index contributed by atoms with van der Waals surface area (Å²) < 4.78 is 15.3. The van der Waals surface area contributed by atoms with Crippen LogP contribution in [-0.2, 0) is 7.05 Å². The normalized spacial score (nSPS) is 23.5. The van der Waals surface area contributed by atoms with Gasteiger partial charge in [-0.05, 0) is 6.92 Å². The van der Waals surface area contributed by atoms with Crippen LogP contribution in [-0.4, -0.2) is 50.2 Å². The molecule has 1 N–H and O–H groups in total. The van der Waals surface area contributed by atoms with Crippen LogP contribution in [0, 0.1) is 6.92 Å². The molecule has 0 saturated carbocycles. The quantitative estimate of drug-likeness (QED) is 0.860. The fourth-order valence-electron chi connectivity index (χ4n) is 2.62. The molecule has 19 heavy (non-hydrogen) atoms. The molecule has 1 saturated heterocycles. The number of hydrogen-bond acceptors (Lipinski definition) is 5. The zero-order valence-corrected chi connectivity index (χ0v) is 10.9. The molecule has 0 radical (unpaired) electrons. The van der Waals surface area contributed by atoms with Crippen molar-refractivity contribution in [3.63, 3.8) is 0 Å². The van der Waals surface area contributed by atoms with E-state index in [2.05, 4.69) is 15.1 Å². The molecule has 0 bridgehead atoms. The Bertz CT molecular complexity index is 613. The largest absolute Gasteiger partial charge is 0.394 e. The topological polar surface area (TPSA) is 67.1 Å². The average molecular weight is 265 g/mol. The summed E-state index contributed by atoms with van der Waals surface area (Å²) in [4.78, 5) is 10.6. The Balaban J connectivity index is 2.14. The molecular weight excluding hydrogens is 249 g/mol. The van der Waals surface area contributed by atoms with Crippen molar-refractivity contribution in [2.45, 2.75) is 25.6 Å². The number of aliphatic hydroxyl groups is 1. The molecule has 0 amide bonds. The zero-order chi connectivity index (χ0) is 13.6. The number of halogens is 1. The third-order valence-corrected chi connectivity index (χ3v) is 3.53. The second-order valence-electron chi connectivity index (χ2n) is 4.92. The van der Waals surface area contributed by atoms with Gasteiger partial charge < -0.3 is 10.0 Å². The van der Waals surface area contributed by atoms with Crippen molar-refractivity contribution < 1.29 is 9.50 Å². The lowest BCUT2D eigenvalue weighted by atomic mass is 10.2. The Kier molecular flexibility index (Phi) is 2.85. The van der Waals surface area contributed by atoms with Crippen LogP contribution in [0.2, 0.25) is 0 Å². The van der Waals surface area contributed by atoms with E-state index in [1.54, 1.807) is 17.8 Å². The van der Waals surface area contributed by atoms with Crippen LogP contribution in [0.5, 0.6) is 0 Å². The third kappa shape index (κ3) is 1.94. The van der Waals surface area contributed by atoms with Crippen molar-refractivity contribution in [2.75, 3.05) is 18.1 Å². The van der Waals surface area contributed by atoms with Crippen LogP contribution in [0.4, 0.5) is 10.2 Å². The highest BCUT2D eigenvalue weighted by Crippen LogP contribution is 2.30. The van der Waals surface area contributed by atoms with Crippen LogP contribution in [0.1, 0.15) is 12.2 Å². The van der Waals surface area contributed by atoms with Crippen LogP contribution in [0.25, 0.3) is 11.0 Å². The maximum atomic E-state index is 13.6. The second kappa shape index (κ2) is 4.41. The van der Waals surface area contributed by atoms with Gasteiger partial charge in [0.1, 0.15) is 17.8 Å². The number of aryl methyl sites for hydroxylation is 2. The maximum Gasteiger partial charge on any atom is 0.163 e. The lowest BCUT2D eigenvalue weighted by Crippen LogP contribution is -2.33. The van der Waals surface area contributed by atoms with Gasteiger partial charge in [-0.25, -0.2) is 14.4 Å². The van der Waals surface area contributed by atoms with Crippen molar-refractivity contribution in [1.29, 1.82) is 0 Å². The molecule has 0 aromatic carbocycles. The Hall–Kier alpha value is -1.76. The number of aromatic nitrogens is 4. The predicted molar refractivity (Wildman–Crippen MR) is 68.8 cm³/mol. The first-order valence-electron chi connectivity index (χ1n) is 6.28. The highest BCUT2D eigenvalue weighted by molar-refractivity contribution is 5.87. The number of anilines is 1. The smallest absolute Gasteiger partial charge is 0.163 e. The number of rotatable bonds is 2. The number of aliphatic hydroxyl groups excluding tert-OH is 1. The second-order valence-corrected chi connectivity index (χ2v) is 4.92. The molecule has 0 aliphatic carbocycles. The molecule has 7 heteroatoms. The van der Waals surface area contributed by atoms with Gasteiger partial charge in [0.15, 0.2) is 5.65 Å². The molecule has 3 rings (SSSR count). The SMILES string of the molecule is Cc1nc(N2C[C@@H](F)C[C@H]2CO)c2cnn(C)c2n1. The Morgan fingerprint density at radius 1 is 1.47 bits per heavy atom. The van der Waals surface area contributed by atoms with E-state index in [0.717, 1.165) is 11.0 Å². The van der Waals surface area contributed by atoms with Gasteiger partial charge in [-0.3, -0.25) is 4.68 Å². The van der Waals surface area contributed by atoms with Crippen molar-refractivity contribution in [3.05, 3.63) is 12.0 Å². The van der Waals surface area contributed by atoms with Gasteiger partial charge in [0, 0.05) is 13.5 Å². The van der Waals surface area contributed by atoms with E-state index in [1.165, 1.54) is 0 Å². The molecule has 3 heterocycles. The zero-order valence-electron chi connectivity index (χ0n) is 10.9. The summed E-state index contributed by atoms with van der Waals surface area (Å²) in [6.07, 6.45) is 1.09. The summed E-state index contributed by atoms with van der Waals surface area (Å²) in [5.74, 6) is 1.28. The summed E-state index contributed by atoms with van der Waals surface area (Å²) >= 11 is 0. The van der Waals surface area contributed by atoms with Gasteiger partial charge in [0.05, 0.1) is 30.8 Å². The van der Waals surface area contributed by atoms with E-state index in [0.29, 0.717) is 18.1 Å². The van der Waals surface area contributed by atoms with Gasteiger partial charge in [0.2, 0.25) is 0 Å². The summed E-state index contributed by atoms with van der Waals surface area (Å²) in [6.45, 7) is 1.98. The molecule has 102 valence electrons. The first-order valence-corrected chi connectivity index (χ1v) is 6.28. The minimum Gasteiger partial charge on any atom is -0.394 e. The van der Waals surface area contributed by atoms with E-state index in [9.17, 15) is 9.50 Å². The van der Waals surface area contributed by atoms with Gasteiger partial charge in [0.25, 0.3) is 0 Å². The summed E-state index contributed by atoms with van der Waals surface area (Å²) in [5, 5.41) is 14.4. The molecule has 2 aromatic heterocycles. The molecule has 0 spiro atoms. The predicted octanol–water partition coefficient (Wildman–Crippen LogP) is 0.581. The molecule has 1 fully saturated rings. The Labute approximate surface area is 109 Å². The molecular formula is C12H16FN5O. The minimum absolute atomic E-state index is 0.0781. The summed E-state index contributed by atoms with van der Waals surface area (Å²) in [7, 11) is 1.81. The fraction of sp³-hybridized carbons (Fsp3) is 0.583. The average Bonchev–Trinajstić information content (AvgIpc) is 2.93. The summed E-state index contributed by atoms with van der Waals surface area (Å²) in [5.41, 5.74) is 0.724. The lowest BCUT2D eigenvalue weighted by molar-refractivity contribution is 0.255. The van der Waals surface area contributed by atoms with E-state index in [-0.39, 0.29) is 19.2 Å². The molecule has 2 aromatic rings. The van der Waals surface area contributed by atoms with Crippen LogP contribution in [0.15, 0.2) is 6.20 Å². The minimum atomic E-state index is -0.931. The van der Waals surface area contributed by atoms with E-state index < -0.39 is 6.17 Å². The van der Waals surface area contributed by atoms with Crippen molar-refractivity contribution >= 4 is 16.9 Å². The number of fused-ring (bicyclic) bond motifs is 1.